The number of carbonyl (C=O) groups is 3. The van der Waals surface area contributed by atoms with E-state index in [1.807, 2.05) is 22.6 Å². The number of nitrogens with zero attached hydrogens (tertiary/aromatic N) is 1. The Balaban J connectivity index is 2.35. The molecular weight excluding hydrogens is 603 g/mol. The van der Waals surface area contributed by atoms with Gasteiger partial charge in [0.2, 0.25) is 0 Å². The van der Waals surface area contributed by atoms with E-state index in [1.54, 1.807) is 0 Å². The van der Waals surface area contributed by atoms with Crippen molar-refractivity contribution in [3.63, 3.8) is 0 Å². The van der Waals surface area contributed by atoms with E-state index >= 15 is 0 Å². The summed E-state index contributed by atoms with van der Waals surface area (Å²) in [6, 6.07) is 6.30. The van der Waals surface area contributed by atoms with Gasteiger partial charge in [-0.15, -0.1) is 0 Å². The highest BCUT2D eigenvalue weighted by Gasteiger charge is 2.40. The Bertz CT molecular complexity index is 1280. The Labute approximate surface area is 202 Å². The summed E-state index contributed by atoms with van der Waals surface area (Å²) in [5.41, 5.74) is -2.15. The number of carbonyl (C=O) groups excluding carboxylic acids is 3. The number of benzene rings is 2. The van der Waals surface area contributed by atoms with Crippen molar-refractivity contribution >= 4 is 56.3 Å². The lowest BCUT2D eigenvalue weighted by molar-refractivity contribution is -0.385. The summed E-state index contributed by atoms with van der Waals surface area (Å²) in [6.45, 7) is -1.11. The highest BCUT2D eigenvalue weighted by molar-refractivity contribution is 14.1. The topological polar surface area (TPSA) is 179 Å². The molecule has 0 spiro atoms. The van der Waals surface area contributed by atoms with Gasteiger partial charge in [-0.05, 0) is 46.9 Å². The van der Waals surface area contributed by atoms with Crippen LogP contribution < -0.4 is 9.47 Å². The fourth-order valence-corrected chi connectivity index (χ4v) is 2.93. The molecule has 0 radical (unpaired) electrons. The van der Waals surface area contributed by atoms with Gasteiger partial charge in [0.05, 0.1) is 4.92 Å². The van der Waals surface area contributed by atoms with Gasteiger partial charge in [0.25, 0.3) is 5.69 Å². The molecule has 12 nitrogen and oxygen atoms in total. The van der Waals surface area contributed by atoms with Gasteiger partial charge in [0.1, 0.15) is 22.6 Å². The van der Waals surface area contributed by atoms with Crippen LogP contribution in [0.2, 0.25) is 0 Å². The van der Waals surface area contributed by atoms with Crippen LogP contribution >= 0.6 is 22.6 Å². The molecule has 16 heteroatoms. The van der Waals surface area contributed by atoms with Crippen molar-refractivity contribution in [1.29, 1.82) is 0 Å². The Morgan fingerprint density at radius 3 is 2.26 bits per heavy atom. The number of hydrogen-bond acceptors (Lipinski definition) is 11. The van der Waals surface area contributed by atoms with Crippen molar-refractivity contribution < 1.29 is 55.3 Å². The van der Waals surface area contributed by atoms with Crippen LogP contribution in [-0.4, -0.2) is 47.7 Å². The second-order valence-corrected chi connectivity index (χ2v) is 8.98. The van der Waals surface area contributed by atoms with Gasteiger partial charge in [-0.25, -0.2) is 18.0 Å². The molecule has 2 rings (SSSR count). The summed E-state index contributed by atoms with van der Waals surface area (Å²) in [7, 11) is -6.18. The second-order valence-electron chi connectivity index (χ2n) is 6.23. The fraction of sp³-hybridized carbons (Fsp3) is 0.167. The first kappa shape index (κ1) is 27.0. The van der Waals surface area contributed by atoms with Crippen molar-refractivity contribution in [2.24, 2.45) is 0 Å². The van der Waals surface area contributed by atoms with E-state index in [9.17, 15) is 46.2 Å². The third-order valence-electron chi connectivity index (χ3n) is 3.75. The van der Waals surface area contributed by atoms with Gasteiger partial charge in [-0.2, -0.15) is 8.78 Å². The van der Waals surface area contributed by atoms with Crippen molar-refractivity contribution in [2.75, 3.05) is 6.61 Å². The zero-order chi connectivity index (χ0) is 25.8. The van der Waals surface area contributed by atoms with Crippen LogP contribution in [0.25, 0.3) is 0 Å². The number of rotatable bonds is 8. The van der Waals surface area contributed by atoms with E-state index in [2.05, 4.69) is 4.74 Å². The van der Waals surface area contributed by atoms with Gasteiger partial charge in [-0.1, -0.05) is 0 Å². The van der Waals surface area contributed by atoms with Crippen LogP contribution in [0.5, 0.6) is 11.5 Å². The van der Waals surface area contributed by atoms with Gasteiger partial charge in [0, 0.05) is 22.6 Å². The minimum Gasteiger partial charge on any atom is -0.743 e. The van der Waals surface area contributed by atoms with Crippen LogP contribution in [-0.2, 0) is 19.6 Å². The highest BCUT2D eigenvalue weighted by Crippen LogP contribution is 2.29. The Morgan fingerprint density at radius 2 is 1.71 bits per heavy atom. The average molecular weight is 614 g/mol. The quantitative estimate of drug-likeness (QED) is 0.107. The normalized spacial score (nSPS) is 11.4. The summed E-state index contributed by atoms with van der Waals surface area (Å²) in [5, 5.41) is 6.18. The van der Waals surface area contributed by atoms with Crippen LogP contribution in [0.3, 0.4) is 0 Å². The van der Waals surface area contributed by atoms with Crippen molar-refractivity contribution in [3.05, 3.63) is 61.2 Å². The number of alkyl halides is 2. The van der Waals surface area contributed by atoms with E-state index < -0.39 is 61.8 Å². The maximum atomic E-state index is 13.2. The molecule has 0 N–H and O–H groups in total. The van der Waals surface area contributed by atoms with Crippen LogP contribution in [0.1, 0.15) is 27.6 Å². The SMILES string of the molecule is CC(=O)Oc1cc(I)ccc1C(=O)Oc1ccc([N+](=O)[O-])c(C(=O)OCC(F)(F)S(=O)(=O)[O-])c1. The number of hydrogen-bond donors (Lipinski definition) is 0. The summed E-state index contributed by atoms with van der Waals surface area (Å²) in [6.07, 6.45) is 0. The summed E-state index contributed by atoms with van der Waals surface area (Å²) >= 11 is 1.89. The lowest BCUT2D eigenvalue weighted by Crippen LogP contribution is -2.34. The largest absolute Gasteiger partial charge is 0.743 e. The standard InChI is InChI=1S/C18H12F2INO11S/c1-9(23)32-15-6-10(21)2-4-12(15)17(25)33-11-3-5-14(22(26)27)13(7-11)16(24)31-8-18(19,20)34(28,29)30/h2-7H,8H2,1H3,(H,28,29,30)/p-1. The molecule has 2 aromatic carbocycles. The minimum absolute atomic E-state index is 0.160. The number of halogens is 3. The third kappa shape index (κ3) is 6.64. The van der Waals surface area contributed by atoms with E-state index in [1.165, 1.54) is 18.2 Å². The fourth-order valence-electron chi connectivity index (χ4n) is 2.27. The molecule has 0 bridgehead atoms. The molecule has 0 aromatic heterocycles. The highest BCUT2D eigenvalue weighted by atomic mass is 127. The predicted molar refractivity (Wildman–Crippen MR) is 113 cm³/mol. The molecule has 0 saturated heterocycles. The predicted octanol–water partition coefficient (Wildman–Crippen LogP) is 2.64. The zero-order valence-corrected chi connectivity index (χ0v) is 19.6. The Morgan fingerprint density at radius 1 is 1.06 bits per heavy atom. The van der Waals surface area contributed by atoms with Crippen LogP contribution in [0, 0.1) is 13.7 Å². The van der Waals surface area contributed by atoms with Gasteiger partial charge in [0.15, 0.2) is 16.7 Å². The van der Waals surface area contributed by atoms with E-state index in [0.717, 1.165) is 13.0 Å². The molecule has 0 heterocycles. The lowest BCUT2D eigenvalue weighted by atomic mass is 10.1. The van der Waals surface area contributed by atoms with Gasteiger partial charge in [-0.3, -0.25) is 14.9 Å². The number of ether oxygens (including phenoxy) is 3. The lowest BCUT2D eigenvalue weighted by Gasteiger charge is -2.19. The molecule has 0 aliphatic carbocycles. The zero-order valence-electron chi connectivity index (χ0n) is 16.7. The maximum absolute atomic E-state index is 13.2. The first-order chi connectivity index (χ1) is 15.6. The van der Waals surface area contributed by atoms with E-state index in [-0.39, 0.29) is 11.3 Å². The van der Waals surface area contributed by atoms with Crippen molar-refractivity contribution in [1.82, 2.24) is 0 Å². The number of nitro benzene ring substituents is 1. The smallest absolute Gasteiger partial charge is 0.367 e. The summed E-state index contributed by atoms with van der Waals surface area (Å²) < 4.78 is 72.6. The first-order valence-corrected chi connectivity index (χ1v) is 11.1. The number of esters is 3. The Hall–Kier alpha value is -3.25. The Kier molecular flexibility index (Phi) is 8.22. The van der Waals surface area contributed by atoms with Gasteiger partial charge >= 0.3 is 23.2 Å². The third-order valence-corrected chi connectivity index (χ3v) is 5.27. The van der Waals surface area contributed by atoms with Crippen LogP contribution in [0.15, 0.2) is 36.4 Å². The van der Waals surface area contributed by atoms with Gasteiger partial charge < -0.3 is 18.8 Å². The van der Waals surface area contributed by atoms with E-state index in [4.69, 9.17) is 9.47 Å². The monoisotopic (exact) mass is 614 g/mol. The molecular formula is C18H11F2INO11S-. The molecule has 2 aromatic rings. The molecule has 0 aliphatic rings. The molecule has 0 fully saturated rings. The first-order valence-electron chi connectivity index (χ1n) is 8.61. The summed E-state index contributed by atoms with van der Waals surface area (Å²) in [5.74, 6) is -4.27. The molecule has 0 saturated carbocycles. The summed E-state index contributed by atoms with van der Waals surface area (Å²) in [4.78, 5) is 46.0. The second kappa shape index (κ2) is 10.3. The molecule has 0 atom stereocenters. The maximum Gasteiger partial charge on any atom is 0.367 e. The molecule has 0 amide bonds. The van der Waals surface area contributed by atoms with Crippen molar-refractivity contribution in [3.8, 4) is 11.5 Å². The molecule has 182 valence electrons. The minimum atomic E-state index is -6.18. The van der Waals surface area contributed by atoms with Crippen LogP contribution in [0.4, 0.5) is 14.5 Å². The number of nitro groups is 1. The molecule has 34 heavy (non-hydrogen) atoms. The van der Waals surface area contributed by atoms with E-state index in [0.29, 0.717) is 15.7 Å². The average Bonchev–Trinajstić information content (AvgIpc) is 2.70. The van der Waals surface area contributed by atoms with Crippen molar-refractivity contribution in [2.45, 2.75) is 12.2 Å². The molecule has 0 unspecified atom stereocenters. The molecule has 0 aliphatic heterocycles.